The maximum absolute atomic E-state index is 9.35. The molecule has 0 fully saturated rings. The molecule has 17 heavy (non-hydrogen) atoms. The molecule has 0 aliphatic carbocycles. The normalized spacial score (nSPS) is 10.2. The Labute approximate surface area is 105 Å². The minimum Gasteiger partial charge on any atom is -0.508 e. The van der Waals surface area contributed by atoms with Gasteiger partial charge in [0, 0.05) is 6.07 Å². The summed E-state index contributed by atoms with van der Waals surface area (Å²) in [6.07, 6.45) is 0.924. The van der Waals surface area contributed by atoms with Gasteiger partial charge in [-0.05, 0) is 36.2 Å². The number of rotatable bonds is 3. The zero-order valence-corrected chi connectivity index (χ0v) is 10.2. The Morgan fingerprint density at radius 3 is 2.71 bits per heavy atom. The van der Waals surface area contributed by atoms with Crippen LogP contribution in [0.15, 0.2) is 42.5 Å². The highest BCUT2D eigenvalue weighted by Gasteiger charge is 2.04. The third-order valence-electron chi connectivity index (χ3n) is 2.45. The topological polar surface area (TPSA) is 29.5 Å². The molecule has 0 amide bonds. The predicted molar refractivity (Wildman–Crippen MR) is 69.0 cm³/mol. The highest BCUT2D eigenvalue weighted by atomic mass is 35.5. The van der Waals surface area contributed by atoms with E-state index in [0.717, 1.165) is 12.0 Å². The lowest BCUT2D eigenvalue weighted by atomic mass is 10.1. The van der Waals surface area contributed by atoms with Crippen LogP contribution in [0.25, 0.3) is 0 Å². The lowest BCUT2D eigenvalue weighted by molar-refractivity contribution is 0.455. The molecule has 3 heteroatoms. The Bertz CT molecular complexity index is 523. The molecule has 2 nitrogen and oxygen atoms in total. The third kappa shape index (κ3) is 2.92. The van der Waals surface area contributed by atoms with Gasteiger partial charge in [0.25, 0.3) is 0 Å². The Morgan fingerprint density at radius 1 is 1.18 bits per heavy atom. The molecule has 0 aliphatic rings. The van der Waals surface area contributed by atoms with E-state index in [-0.39, 0.29) is 5.75 Å². The molecule has 2 rings (SSSR count). The lowest BCUT2D eigenvalue weighted by Gasteiger charge is -2.09. The van der Waals surface area contributed by atoms with Gasteiger partial charge in [0.15, 0.2) is 0 Å². The molecule has 0 spiro atoms. The van der Waals surface area contributed by atoms with Gasteiger partial charge in [-0.15, -0.1) is 0 Å². The highest BCUT2D eigenvalue weighted by Crippen LogP contribution is 2.31. The molecule has 0 aliphatic heterocycles. The quantitative estimate of drug-likeness (QED) is 0.872. The first-order valence-electron chi connectivity index (χ1n) is 5.44. The van der Waals surface area contributed by atoms with E-state index in [1.807, 2.05) is 18.2 Å². The van der Waals surface area contributed by atoms with Gasteiger partial charge >= 0.3 is 0 Å². The molecular formula is C14H13ClO2. The second-order valence-electron chi connectivity index (χ2n) is 3.72. The number of phenolic OH excluding ortho intramolecular Hbond substituents is 1. The summed E-state index contributed by atoms with van der Waals surface area (Å²) in [5, 5.41) is 9.91. The smallest absolute Gasteiger partial charge is 0.146 e. The third-order valence-corrected chi connectivity index (χ3v) is 2.76. The Morgan fingerprint density at radius 2 is 2.00 bits per heavy atom. The SMILES string of the molecule is CCc1ccc(Cl)c(Oc2cccc(O)c2)c1. The Balaban J connectivity index is 2.29. The van der Waals surface area contributed by atoms with Gasteiger partial charge in [0.1, 0.15) is 17.2 Å². The van der Waals surface area contributed by atoms with E-state index < -0.39 is 0 Å². The molecule has 0 saturated carbocycles. The average Bonchev–Trinajstić information content (AvgIpc) is 2.32. The maximum atomic E-state index is 9.35. The molecule has 0 saturated heterocycles. The van der Waals surface area contributed by atoms with Crippen molar-refractivity contribution in [1.82, 2.24) is 0 Å². The number of benzene rings is 2. The average molecular weight is 249 g/mol. The van der Waals surface area contributed by atoms with E-state index >= 15 is 0 Å². The summed E-state index contributed by atoms with van der Waals surface area (Å²) in [4.78, 5) is 0. The number of phenols is 1. The van der Waals surface area contributed by atoms with Crippen molar-refractivity contribution in [2.24, 2.45) is 0 Å². The minimum atomic E-state index is 0.172. The van der Waals surface area contributed by atoms with Gasteiger partial charge in [-0.25, -0.2) is 0 Å². The molecule has 0 atom stereocenters. The standard InChI is InChI=1S/C14H13ClO2/c1-2-10-6-7-13(15)14(8-10)17-12-5-3-4-11(16)9-12/h3-9,16H,2H2,1H3. The van der Waals surface area contributed by atoms with Gasteiger partial charge < -0.3 is 9.84 Å². The van der Waals surface area contributed by atoms with Gasteiger partial charge in [-0.3, -0.25) is 0 Å². The molecule has 2 aromatic carbocycles. The van der Waals surface area contributed by atoms with Crippen LogP contribution in [0.5, 0.6) is 17.2 Å². The van der Waals surface area contributed by atoms with Gasteiger partial charge in [0.05, 0.1) is 5.02 Å². The molecule has 0 unspecified atom stereocenters. The Hall–Kier alpha value is -1.67. The molecule has 0 heterocycles. The fourth-order valence-electron chi connectivity index (χ4n) is 1.52. The molecular weight excluding hydrogens is 236 g/mol. The first-order chi connectivity index (χ1) is 8.19. The first-order valence-corrected chi connectivity index (χ1v) is 5.82. The van der Waals surface area contributed by atoms with Crippen molar-refractivity contribution in [1.29, 1.82) is 0 Å². The summed E-state index contributed by atoms with van der Waals surface area (Å²) < 4.78 is 5.64. The monoisotopic (exact) mass is 248 g/mol. The van der Waals surface area contributed by atoms with Crippen molar-refractivity contribution in [3.05, 3.63) is 53.1 Å². The number of aryl methyl sites for hydroxylation is 1. The van der Waals surface area contributed by atoms with E-state index in [0.29, 0.717) is 16.5 Å². The molecule has 2 aromatic rings. The van der Waals surface area contributed by atoms with Crippen LogP contribution in [-0.2, 0) is 6.42 Å². The highest BCUT2D eigenvalue weighted by molar-refractivity contribution is 6.32. The lowest BCUT2D eigenvalue weighted by Crippen LogP contribution is -1.87. The van der Waals surface area contributed by atoms with Crippen LogP contribution in [0.2, 0.25) is 5.02 Å². The number of hydrogen-bond acceptors (Lipinski definition) is 2. The summed E-state index contributed by atoms with van der Waals surface area (Å²) in [6.45, 7) is 2.07. The molecule has 0 aromatic heterocycles. The van der Waals surface area contributed by atoms with E-state index in [1.165, 1.54) is 0 Å². The predicted octanol–water partition coefficient (Wildman–Crippen LogP) is 4.40. The Kier molecular flexibility index (Phi) is 3.55. The number of ether oxygens (including phenoxy) is 1. The second kappa shape index (κ2) is 5.11. The first kappa shape index (κ1) is 11.8. The minimum absolute atomic E-state index is 0.172. The van der Waals surface area contributed by atoms with Crippen LogP contribution in [0.4, 0.5) is 0 Å². The van der Waals surface area contributed by atoms with Crippen LogP contribution < -0.4 is 4.74 Å². The zero-order chi connectivity index (χ0) is 12.3. The molecule has 88 valence electrons. The van der Waals surface area contributed by atoms with Gasteiger partial charge in [0.2, 0.25) is 0 Å². The molecule has 1 N–H and O–H groups in total. The van der Waals surface area contributed by atoms with E-state index in [2.05, 4.69) is 6.92 Å². The zero-order valence-electron chi connectivity index (χ0n) is 9.48. The second-order valence-corrected chi connectivity index (χ2v) is 4.12. The molecule has 0 radical (unpaired) electrons. The number of halogens is 1. The van der Waals surface area contributed by atoms with Crippen molar-refractivity contribution in [2.75, 3.05) is 0 Å². The molecule has 0 bridgehead atoms. The van der Waals surface area contributed by atoms with Crippen LogP contribution in [0.3, 0.4) is 0 Å². The van der Waals surface area contributed by atoms with Gasteiger partial charge in [-0.1, -0.05) is 30.7 Å². The van der Waals surface area contributed by atoms with Crippen LogP contribution >= 0.6 is 11.6 Å². The van der Waals surface area contributed by atoms with Crippen molar-refractivity contribution in [2.45, 2.75) is 13.3 Å². The largest absolute Gasteiger partial charge is 0.508 e. The van der Waals surface area contributed by atoms with Gasteiger partial charge in [-0.2, -0.15) is 0 Å². The fourth-order valence-corrected chi connectivity index (χ4v) is 1.68. The van der Waals surface area contributed by atoms with Crippen molar-refractivity contribution in [3.8, 4) is 17.2 Å². The van der Waals surface area contributed by atoms with Crippen LogP contribution in [0, 0.1) is 0 Å². The summed E-state index contributed by atoms with van der Waals surface area (Å²) >= 11 is 6.06. The summed E-state index contributed by atoms with van der Waals surface area (Å²) in [5.74, 6) is 1.35. The number of hydrogen-bond donors (Lipinski definition) is 1. The van der Waals surface area contributed by atoms with Crippen LogP contribution in [-0.4, -0.2) is 5.11 Å². The van der Waals surface area contributed by atoms with Crippen molar-refractivity contribution < 1.29 is 9.84 Å². The number of aromatic hydroxyl groups is 1. The summed E-state index contributed by atoms with van der Waals surface area (Å²) in [7, 11) is 0. The summed E-state index contributed by atoms with van der Waals surface area (Å²) in [5.41, 5.74) is 1.16. The fraction of sp³-hybridized carbons (Fsp3) is 0.143. The van der Waals surface area contributed by atoms with Crippen molar-refractivity contribution >= 4 is 11.6 Å². The van der Waals surface area contributed by atoms with Crippen LogP contribution in [0.1, 0.15) is 12.5 Å². The van der Waals surface area contributed by atoms with E-state index in [4.69, 9.17) is 16.3 Å². The summed E-state index contributed by atoms with van der Waals surface area (Å²) in [6, 6.07) is 12.3. The van der Waals surface area contributed by atoms with Crippen molar-refractivity contribution in [3.63, 3.8) is 0 Å². The maximum Gasteiger partial charge on any atom is 0.146 e. The van der Waals surface area contributed by atoms with E-state index in [9.17, 15) is 5.11 Å². The van der Waals surface area contributed by atoms with E-state index in [1.54, 1.807) is 24.3 Å².